The van der Waals surface area contributed by atoms with E-state index in [0.717, 1.165) is 10.2 Å². The van der Waals surface area contributed by atoms with Gasteiger partial charge in [-0.2, -0.15) is 9.40 Å². The van der Waals surface area contributed by atoms with E-state index in [1.54, 1.807) is 37.3 Å². The second-order valence-electron chi connectivity index (χ2n) is 5.90. The second kappa shape index (κ2) is 6.42. The van der Waals surface area contributed by atoms with Gasteiger partial charge >= 0.3 is 0 Å². The van der Waals surface area contributed by atoms with Gasteiger partial charge in [0.15, 0.2) is 0 Å². The van der Waals surface area contributed by atoms with E-state index in [1.807, 2.05) is 6.92 Å². The van der Waals surface area contributed by atoms with Crippen LogP contribution in [0.5, 0.6) is 0 Å². The van der Waals surface area contributed by atoms with Crippen molar-refractivity contribution in [2.24, 2.45) is 0 Å². The van der Waals surface area contributed by atoms with E-state index in [-0.39, 0.29) is 10.8 Å². The lowest BCUT2D eigenvalue weighted by atomic mass is 10.2. The second-order valence-corrected chi connectivity index (χ2v) is 8.71. The zero-order valence-electron chi connectivity index (χ0n) is 13.4. The number of hydrogen-bond donors (Lipinski definition) is 0. The molecule has 1 atom stereocenters. The first-order valence-electron chi connectivity index (χ1n) is 7.65. The minimum atomic E-state index is -3.71. The van der Waals surface area contributed by atoms with E-state index in [2.05, 4.69) is 21.0 Å². The predicted octanol–water partition coefficient (Wildman–Crippen LogP) is 2.76. The number of carbonyl (C=O) groups excluding carboxylic acids is 1. The number of carbonyl (C=O) groups is 1. The van der Waals surface area contributed by atoms with Crippen LogP contribution in [-0.2, 0) is 10.0 Å². The fourth-order valence-corrected chi connectivity index (χ4v) is 4.92. The molecule has 8 heteroatoms. The van der Waals surface area contributed by atoms with Gasteiger partial charge < -0.3 is 0 Å². The van der Waals surface area contributed by atoms with Gasteiger partial charge in [-0.15, -0.1) is 0 Å². The summed E-state index contributed by atoms with van der Waals surface area (Å²) >= 11 is 3.30. The van der Waals surface area contributed by atoms with E-state index >= 15 is 0 Å². The summed E-state index contributed by atoms with van der Waals surface area (Å²) in [5.41, 5.74) is 1.45. The lowest BCUT2D eigenvalue weighted by molar-refractivity contribution is 0.0813. The molecule has 1 fully saturated rings. The molecule has 1 saturated heterocycles. The number of hydrogen-bond acceptors (Lipinski definition) is 4. The average molecular weight is 412 g/mol. The van der Waals surface area contributed by atoms with Crippen LogP contribution in [0.3, 0.4) is 0 Å². The third-order valence-corrected chi connectivity index (χ3v) is 6.58. The zero-order valence-corrected chi connectivity index (χ0v) is 15.8. The Labute approximate surface area is 149 Å². The molecule has 2 heterocycles. The van der Waals surface area contributed by atoms with Crippen LogP contribution in [0.25, 0.3) is 0 Å². The van der Waals surface area contributed by atoms with E-state index < -0.39 is 16.1 Å². The molecule has 128 valence electrons. The summed E-state index contributed by atoms with van der Waals surface area (Å²) in [6, 6.07) is 7.55. The molecule has 3 rings (SSSR count). The Morgan fingerprint density at radius 2 is 1.92 bits per heavy atom. The van der Waals surface area contributed by atoms with Crippen molar-refractivity contribution in [3.63, 3.8) is 0 Å². The highest BCUT2D eigenvalue weighted by Gasteiger charge is 2.40. The van der Waals surface area contributed by atoms with Crippen molar-refractivity contribution in [1.82, 2.24) is 14.1 Å². The van der Waals surface area contributed by atoms with Crippen LogP contribution in [0.1, 0.15) is 29.0 Å². The molecule has 0 spiro atoms. The molecule has 1 aliphatic heterocycles. The number of halogens is 1. The van der Waals surface area contributed by atoms with Crippen LogP contribution in [0.15, 0.2) is 39.7 Å². The van der Waals surface area contributed by atoms with E-state index in [0.29, 0.717) is 25.1 Å². The molecule has 0 saturated carbocycles. The minimum Gasteiger partial charge on any atom is -0.271 e. The first-order chi connectivity index (χ1) is 11.3. The van der Waals surface area contributed by atoms with Crippen molar-refractivity contribution in [1.29, 1.82) is 0 Å². The summed E-state index contributed by atoms with van der Waals surface area (Å²) in [6.45, 7) is 3.94. The molecule has 2 aromatic rings. The van der Waals surface area contributed by atoms with Gasteiger partial charge in [-0.25, -0.2) is 13.1 Å². The topological polar surface area (TPSA) is 72.3 Å². The van der Waals surface area contributed by atoms with E-state index in [9.17, 15) is 13.2 Å². The minimum absolute atomic E-state index is 0.193. The van der Waals surface area contributed by atoms with Gasteiger partial charge in [0.2, 0.25) is 10.0 Å². The van der Waals surface area contributed by atoms with Crippen LogP contribution in [-0.4, -0.2) is 41.0 Å². The van der Waals surface area contributed by atoms with Gasteiger partial charge in [-0.05, 0) is 57.0 Å². The first kappa shape index (κ1) is 17.3. The molecular formula is C16H18BrN3O3S. The summed E-state index contributed by atoms with van der Waals surface area (Å²) in [5.74, 6) is -0.293. The predicted molar refractivity (Wildman–Crippen MR) is 93.4 cm³/mol. The highest BCUT2D eigenvalue weighted by Crippen LogP contribution is 2.28. The third kappa shape index (κ3) is 3.05. The van der Waals surface area contributed by atoms with E-state index in [1.165, 1.54) is 8.99 Å². The van der Waals surface area contributed by atoms with Crippen molar-refractivity contribution >= 4 is 31.9 Å². The Balaban J connectivity index is 1.94. The fraction of sp³-hybridized carbons (Fsp3) is 0.375. The molecule has 0 bridgehead atoms. The summed E-state index contributed by atoms with van der Waals surface area (Å²) in [4.78, 5) is 13.0. The van der Waals surface area contributed by atoms with Crippen LogP contribution >= 0.6 is 15.9 Å². The largest absolute Gasteiger partial charge is 0.271 e. The maximum atomic E-state index is 12.9. The molecule has 1 aromatic heterocycles. The Morgan fingerprint density at radius 1 is 1.25 bits per heavy atom. The molecule has 1 aromatic carbocycles. The first-order valence-corrected chi connectivity index (χ1v) is 9.89. The quantitative estimate of drug-likeness (QED) is 0.777. The van der Waals surface area contributed by atoms with Crippen molar-refractivity contribution < 1.29 is 13.2 Å². The molecule has 0 radical (unpaired) electrons. The highest BCUT2D eigenvalue weighted by atomic mass is 79.9. The van der Waals surface area contributed by atoms with Gasteiger partial charge in [-0.3, -0.25) is 4.79 Å². The average Bonchev–Trinajstić information content (AvgIpc) is 3.14. The smallest absolute Gasteiger partial charge is 0.265 e. The molecule has 6 nitrogen and oxygen atoms in total. The van der Waals surface area contributed by atoms with Crippen LogP contribution in [0.4, 0.5) is 0 Å². The highest BCUT2D eigenvalue weighted by molar-refractivity contribution is 9.10. The van der Waals surface area contributed by atoms with Crippen LogP contribution in [0, 0.1) is 13.8 Å². The third-order valence-electron chi connectivity index (χ3n) is 4.13. The SMILES string of the molecule is Cc1cc(C)n(C(=O)[C@H]2CCCN2S(=O)(=O)c2ccc(Br)cc2)n1. The van der Waals surface area contributed by atoms with Gasteiger partial charge in [0, 0.05) is 16.7 Å². The van der Waals surface area contributed by atoms with E-state index in [4.69, 9.17) is 0 Å². The monoisotopic (exact) mass is 411 g/mol. The Bertz CT molecular complexity index is 874. The maximum absolute atomic E-state index is 12.9. The van der Waals surface area contributed by atoms with Gasteiger partial charge in [0.1, 0.15) is 6.04 Å². The molecule has 24 heavy (non-hydrogen) atoms. The maximum Gasteiger partial charge on any atom is 0.265 e. The zero-order chi connectivity index (χ0) is 17.5. The normalized spacial score (nSPS) is 18.9. The van der Waals surface area contributed by atoms with Crippen molar-refractivity contribution in [2.75, 3.05) is 6.54 Å². The van der Waals surface area contributed by atoms with Crippen molar-refractivity contribution in [2.45, 2.75) is 37.6 Å². The molecule has 0 amide bonds. The summed E-state index contributed by atoms with van der Waals surface area (Å²) in [7, 11) is -3.71. The lowest BCUT2D eigenvalue weighted by Gasteiger charge is -2.23. The fourth-order valence-electron chi connectivity index (χ4n) is 3.01. The Morgan fingerprint density at radius 3 is 2.50 bits per heavy atom. The standard InChI is InChI=1S/C16H18BrN3O3S/c1-11-10-12(2)20(18-11)16(21)15-4-3-9-19(15)24(22,23)14-7-5-13(17)6-8-14/h5-8,10,15H,3-4,9H2,1-2H3/t15-/m1/s1. The number of nitrogens with zero attached hydrogens (tertiary/aromatic N) is 3. The van der Waals surface area contributed by atoms with Crippen LogP contribution in [0.2, 0.25) is 0 Å². The van der Waals surface area contributed by atoms with Gasteiger partial charge in [-0.1, -0.05) is 15.9 Å². The number of benzene rings is 1. The summed E-state index contributed by atoms with van der Waals surface area (Å²) in [6.07, 6.45) is 1.17. The molecule has 1 aliphatic rings. The summed E-state index contributed by atoms with van der Waals surface area (Å²) < 4.78 is 29.2. The van der Waals surface area contributed by atoms with Gasteiger partial charge in [0.25, 0.3) is 5.91 Å². The number of sulfonamides is 1. The van der Waals surface area contributed by atoms with Crippen molar-refractivity contribution in [3.8, 4) is 0 Å². The van der Waals surface area contributed by atoms with Crippen molar-refractivity contribution in [3.05, 3.63) is 46.2 Å². The molecule has 0 aliphatic carbocycles. The Hall–Kier alpha value is -1.51. The Kier molecular flexibility index (Phi) is 4.63. The number of aromatic nitrogens is 2. The lowest BCUT2D eigenvalue weighted by Crippen LogP contribution is -2.43. The molecular weight excluding hydrogens is 394 g/mol. The van der Waals surface area contributed by atoms with Gasteiger partial charge in [0.05, 0.1) is 10.6 Å². The number of aryl methyl sites for hydroxylation is 2. The summed E-state index contributed by atoms with van der Waals surface area (Å²) in [5, 5.41) is 4.20. The molecule has 0 N–H and O–H groups in total. The number of rotatable bonds is 3. The van der Waals surface area contributed by atoms with Crippen LogP contribution < -0.4 is 0 Å². The molecule has 0 unspecified atom stereocenters.